The second-order valence-electron chi connectivity index (χ2n) is 11.3. The summed E-state index contributed by atoms with van der Waals surface area (Å²) in [6.07, 6.45) is 0.597. The largest absolute Gasteiger partial charge is 0.391 e. The van der Waals surface area contributed by atoms with Crippen LogP contribution in [0.25, 0.3) is 10.4 Å². The first kappa shape index (κ1) is 28.2. The fraction of sp³-hybridized carbons (Fsp3) is 0.571. The summed E-state index contributed by atoms with van der Waals surface area (Å²) < 4.78 is 5.36. The van der Waals surface area contributed by atoms with Crippen LogP contribution in [0.1, 0.15) is 51.3 Å². The predicted octanol–water partition coefficient (Wildman–Crippen LogP) is 2.65. The first-order valence-electron chi connectivity index (χ1n) is 13.2. The highest BCUT2D eigenvalue weighted by atomic mass is 32.1. The lowest BCUT2D eigenvalue weighted by molar-refractivity contribution is -0.145. The van der Waals surface area contributed by atoms with E-state index in [2.05, 4.69) is 15.6 Å². The minimum absolute atomic E-state index is 0.0551. The van der Waals surface area contributed by atoms with Gasteiger partial charge in [-0.25, -0.2) is 4.98 Å². The summed E-state index contributed by atoms with van der Waals surface area (Å²) in [7, 11) is 0. The number of thiazole rings is 1. The molecule has 0 spiro atoms. The zero-order chi connectivity index (χ0) is 27.4. The zero-order valence-electron chi connectivity index (χ0n) is 22.5. The smallest absolute Gasteiger partial charge is 0.246 e. The maximum absolute atomic E-state index is 13.7. The molecule has 9 nitrogen and oxygen atoms in total. The van der Waals surface area contributed by atoms with Crippen LogP contribution in [0.3, 0.4) is 0 Å². The number of hydrogen-bond donors (Lipinski definition) is 3. The van der Waals surface area contributed by atoms with E-state index >= 15 is 0 Å². The molecule has 2 fully saturated rings. The molecule has 3 atom stereocenters. The van der Waals surface area contributed by atoms with E-state index in [-0.39, 0.29) is 36.6 Å². The number of carbonyl (C=O) groups is 3. The van der Waals surface area contributed by atoms with Crippen molar-refractivity contribution in [3.63, 3.8) is 0 Å². The molecule has 38 heavy (non-hydrogen) atoms. The number of benzene rings is 1. The number of amides is 3. The van der Waals surface area contributed by atoms with Gasteiger partial charge in [-0.3, -0.25) is 14.4 Å². The number of hydrogen-bond acceptors (Lipinski definition) is 7. The van der Waals surface area contributed by atoms with Gasteiger partial charge >= 0.3 is 0 Å². The second-order valence-corrected chi connectivity index (χ2v) is 12.1. The van der Waals surface area contributed by atoms with Crippen molar-refractivity contribution in [2.75, 3.05) is 19.8 Å². The summed E-state index contributed by atoms with van der Waals surface area (Å²) in [5, 5.41) is 16.3. The van der Waals surface area contributed by atoms with Gasteiger partial charge in [-0.05, 0) is 36.3 Å². The summed E-state index contributed by atoms with van der Waals surface area (Å²) in [5.74, 6) is -1.03. The highest BCUT2D eigenvalue weighted by Crippen LogP contribution is 2.28. The van der Waals surface area contributed by atoms with Gasteiger partial charge < -0.3 is 25.4 Å². The van der Waals surface area contributed by atoms with Gasteiger partial charge in [0.05, 0.1) is 22.2 Å². The molecule has 0 aliphatic carbocycles. The minimum atomic E-state index is -0.818. The molecule has 0 radical (unpaired) electrons. The average Bonchev–Trinajstić information content (AvgIpc) is 3.50. The number of nitrogens with one attached hydrogen (secondary N) is 2. The molecule has 2 aromatic rings. The Bertz CT molecular complexity index is 1140. The molecule has 1 aromatic heterocycles. The summed E-state index contributed by atoms with van der Waals surface area (Å²) in [4.78, 5) is 46.7. The molecule has 1 aromatic carbocycles. The third kappa shape index (κ3) is 6.59. The first-order valence-corrected chi connectivity index (χ1v) is 14.1. The maximum Gasteiger partial charge on any atom is 0.246 e. The fourth-order valence-corrected chi connectivity index (χ4v) is 5.81. The van der Waals surface area contributed by atoms with Crippen molar-refractivity contribution in [2.45, 2.75) is 71.7 Å². The molecule has 4 rings (SSSR count). The van der Waals surface area contributed by atoms with Crippen molar-refractivity contribution in [3.05, 3.63) is 41.0 Å². The van der Waals surface area contributed by atoms with Crippen LogP contribution in [0.5, 0.6) is 0 Å². The van der Waals surface area contributed by atoms with Crippen LogP contribution in [0.2, 0.25) is 0 Å². The molecule has 206 valence electrons. The zero-order valence-corrected chi connectivity index (χ0v) is 23.3. The van der Waals surface area contributed by atoms with Gasteiger partial charge in [-0.15, -0.1) is 11.3 Å². The van der Waals surface area contributed by atoms with Crippen LogP contribution >= 0.6 is 11.3 Å². The van der Waals surface area contributed by atoms with Crippen molar-refractivity contribution in [3.8, 4) is 10.4 Å². The van der Waals surface area contributed by atoms with E-state index in [1.54, 1.807) is 11.3 Å². The summed E-state index contributed by atoms with van der Waals surface area (Å²) >= 11 is 1.59. The first-order chi connectivity index (χ1) is 18.0. The number of likely N-dealkylation sites (tertiary alicyclic amines) is 1. The van der Waals surface area contributed by atoms with Crippen LogP contribution in [-0.4, -0.2) is 70.7 Å². The van der Waals surface area contributed by atoms with Crippen molar-refractivity contribution in [1.29, 1.82) is 0 Å². The van der Waals surface area contributed by atoms with Crippen LogP contribution < -0.4 is 10.6 Å². The number of β-amino-alcohol motifs (C(OH)–C–C–N with tert-alkyl or cyclic N) is 1. The van der Waals surface area contributed by atoms with Crippen molar-refractivity contribution < 1.29 is 24.2 Å². The van der Waals surface area contributed by atoms with E-state index in [1.165, 1.54) is 4.90 Å². The summed E-state index contributed by atoms with van der Waals surface area (Å²) in [6.45, 7) is 9.05. The molecule has 0 saturated carbocycles. The van der Waals surface area contributed by atoms with Gasteiger partial charge in [0.15, 0.2) is 0 Å². The summed E-state index contributed by atoms with van der Waals surface area (Å²) in [5.41, 5.74) is 4.23. The molecular formula is C28H38N4O5S. The quantitative estimate of drug-likeness (QED) is 0.495. The van der Waals surface area contributed by atoms with E-state index in [0.717, 1.165) is 21.7 Å². The Morgan fingerprint density at radius 2 is 1.84 bits per heavy atom. The van der Waals surface area contributed by atoms with Gasteiger partial charge in [-0.2, -0.15) is 0 Å². The van der Waals surface area contributed by atoms with E-state index in [0.29, 0.717) is 32.6 Å². The highest BCUT2D eigenvalue weighted by molar-refractivity contribution is 7.13. The van der Waals surface area contributed by atoms with E-state index < -0.39 is 23.6 Å². The number of carbonyl (C=O) groups excluding carboxylic acids is 3. The van der Waals surface area contributed by atoms with Crippen molar-refractivity contribution in [1.82, 2.24) is 20.5 Å². The molecule has 2 saturated heterocycles. The van der Waals surface area contributed by atoms with E-state index in [9.17, 15) is 19.5 Å². The number of aryl methyl sites for hydroxylation is 1. The fourth-order valence-electron chi connectivity index (χ4n) is 5.00. The van der Waals surface area contributed by atoms with Crippen LogP contribution in [0.15, 0.2) is 29.8 Å². The molecule has 3 heterocycles. The molecule has 10 heteroatoms. The molecule has 2 aliphatic heterocycles. The molecule has 2 aliphatic rings. The van der Waals surface area contributed by atoms with Gasteiger partial charge in [-0.1, -0.05) is 45.0 Å². The lowest BCUT2D eigenvalue weighted by Crippen LogP contribution is -2.58. The third-order valence-electron chi connectivity index (χ3n) is 7.28. The number of rotatable bonds is 7. The van der Waals surface area contributed by atoms with Crippen molar-refractivity contribution >= 4 is 29.1 Å². The van der Waals surface area contributed by atoms with Gasteiger partial charge in [0.2, 0.25) is 17.7 Å². The number of aromatic nitrogens is 1. The Hall–Kier alpha value is -2.82. The highest BCUT2D eigenvalue weighted by Gasteiger charge is 2.44. The standard InChI is InChI=1S/C28H38N4O5S/c1-17-23(38-16-30-17)19-7-5-18(6-8-19)14-29-26(35)22-13-21(33)15-32(22)27(36)24(28(2,3)4)31-25(34)20-9-11-37-12-10-20/h5-8,16,20-22,24,33H,9-15H2,1-4H3,(H,29,35)(H,31,34)/t21-,22+,24?/m1/s1. The molecular weight excluding hydrogens is 504 g/mol. The second kappa shape index (κ2) is 11.9. The topological polar surface area (TPSA) is 121 Å². The van der Waals surface area contributed by atoms with Gasteiger partial charge in [0.25, 0.3) is 0 Å². The Kier molecular flexibility index (Phi) is 8.85. The molecule has 1 unspecified atom stereocenters. The normalized spacial score (nSPS) is 21.2. The molecule has 3 N–H and O–H groups in total. The predicted molar refractivity (Wildman–Crippen MR) is 145 cm³/mol. The Morgan fingerprint density at radius 3 is 2.45 bits per heavy atom. The van der Waals surface area contributed by atoms with Crippen LogP contribution in [0.4, 0.5) is 0 Å². The van der Waals surface area contributed by atoms with E-state index in [4.69, 9.17) is 4.74 Å². The number of aliphatic hydroxyl groups excluding tert-OH is 1. The van der Waals surface area contributed by atoms with Crippen LogP contribution in [-0.2, 0) is 25.7 Å². The van der Waals surface area contributed by atoms with Crippen molar-refractivity contribution in [2.24, 2.45) is 11.3 Å². The van der Waals surface area contributed by atoms with Gasteiger partial charge in [0.1, 0.15) is 12.1 Å². The monoisotopic (exact) mass is 542 g/mol. The minimum Gasteiger partial charge on any atom is -0.391 e. The molecule has 0 bridgehead atoms. The number of ether oxygens (including phenoxy) is 1. The Balaban J connectivity index is 1.41. The Morgan fingerprint density at radius 1 is 1.16 bits per heavy atom. The number of nitrogens with zero attached hydrogens (tertiary/aromatic N) is 2. The Labute approximate surface area is 228 Å². The lowest BCUT2D eigenvalue weighted by atomic mass is 9.84. The SMILES string of the molecule is Cc1ncsc1-c1ccc(CNC(=O)[C@@H]2C[C@@H](O)CN2C(=O)C(NC(=O)C2CCOCC2)C(C)(C)C)cc1. The average molecular weight is 543 g/mol. The third-order valence-corrected chi connectivity index (χ3v) is 8.26. The lowest BCUT2D eigenvalue weighted by Gasteiger charge is -2.36. The summed E-state index contributed by atoms with van der Waals surface area (Å²) in [6, 6.07) is 6.31. The maximum atomic E-state index is 13.7. The van der Waals surface area contributed by atoms with E-state index in [1.807, 2.05) is 57.5 Å². The van der Waals surface area contributed by atoms with Gasteiger partial charge in [0, 0.05) is 38.6 Å². The van der Waals surface area contributed by atoms with Crippen LogP contribution in [0, 0.1) is 18.3 Å². The number of aliphatic hydroxyl groups is 1. The molecule has 3 amide bonds.